The lowest BCUT2D eigenvalue weighted by molar-refractivity contribution is -0.167. The van der Waals surface area contributed by atoms with Gasteiger partial charge in [0.1, 0.15) is 13.2 Å². The lowest BCUT2D eigenvalue weighted by atomic mass is 10.0. The van der Waals surface area contributed by atoms with E-state index in [4.69, 9.17) is 14.2 Å². The van der Waals surface area contributed by atoms with E-state index in [1.165, 1.54) is 167 Å². The summed E-state index contributed by atoms with van der Waals surface area (Å²) < 4.78 is 16.8. The van der Waals surface area contributed by atoms with Crippen molar-refractivity contribution in [2.45, 2.75) is 297 Å². The highest BCUT2D eigenvalue weighted by Gasteiger charge is 2.19. The van der Waals surface area contributed by atoms with Crippen LogP contribution >= 0.6 is 0 Å². The third-order valence-electron chi connectivity index (χ3n) is 12.1. The first-order chi connectivity index (χ1) is 31.0. The summed E-state index contributed by atoms with van der Waals surface area (Å²) in [6, 6.07) is 0. The molecule has 0 aliphatic rings. The van der Waals surface area contributed by atoms with Crippen molar-refractivity contribution in [3.8, 4) is 0 Å². The van der Waals surface area contributed by atoms with Crippen LogP contribution in [0.3, 0.4) is 0 Å². The van der Waals surface area contributed by atoms with E-state index in [0.717, 1.165) is 83.5 Å². The van der Waals surface area contributed by atoms with Gasteiger partial charge in [-0.3, -0.25) is 14.4 Å². The van der Waals surface area contributed by atoms with Gasteiger partial charge in [0.15, 0.2) is 6.10 Å². The Labute approximate surface area is 391 Å². The van der Waals surface area contributed by atoms with E-state index in [0.29, 0.717) is 19.3 Å². The van der Waals surface area contributed by atoms with Gasteiger partial charge in [-0.1, -0.05) is 231 Å². The van der Waals surface area contributed by atoms with Crippen LogP contribution in [0.4, 0.5) is 0 Å². The minimum atomic E-state index is -0.777. The molecule has 0 saturated carbocycles. The van der Waals surface area contributed by atoms with Gasteiger partial charge in [-0.15, -0.1) is 0 Å². The monoisotopic (exact) mass is 885 g/mol. The normalized spacial score (nSPS) is 12.2. The Morgan fingerprint density at radius 2 is 0.571 bits per heavy atom. The molecule has 6 heteroatoms. The minimum absolute atomic E-state index is 0.0760. The molecule has 0 aromatic rings. The third-order valence-corrected chi connectivity index (χ3v) is 12.1. The van der Waals surface area contributed by atoms with Crippen LogP contribution in [-0.2, 0) is 28.6 Å². The topological polar surface area (TPSA) is 78.9 Å². The maximum absolute atomic E-state index is 12.8. The van der Waals surface area contributed by atoms with Gasteiger partial charge in [0, 0.05) is 19.3 Å². The third kappa shape index (κ3) is 50.5. The molecule has 1 unspecified atom stereocenters. The van der Waals surface area contributed by atoms with E-state index in [1.54, 1.807) is 0 Å². The molecule has 0 amide bonds. The average molecular weight is 885 g/mol. The van der Waals surface area contributed by atoms with Crippen molar-refractivity contribution in [3.05, 3.63) is 36.5 Å². The standard InChI is InChI=1S/C57H104O6/c1-4-7-10-13-16-19-22-25-27-28-30-32-35-38-41-44-47-50-56(59)62-53-54(52-61-55(58)49-46-43-40-37-34-31-24-21-18-15-12-9-6-3)63-57(60)51-48-45-42-39-36-33-29-26-23-20-17-14-11-8-5-2/h17,20,25-27,29,54H,4-16,18-19,21-24,28,30-53H2,1-3H3/b20-17-,27-25-,29-26-. The predicted octanol–water partition coefficient (Wildman–Crippen LogP) is 18.1. The second kappa shape index (κ2) is 52.3. The Balaban J connectivity index is 4.37. The summed E-state index contributed by atoms with van der Waals surface area (Å²) in [5, 5.41) is 0. The first kappa shape index (κ1) is 60.6. The minimum Gasteiger partial charge on any atom is -0.462 e. The highest BCUT2D eigenvalue weighted by atomic mass is 16.6. The summed E-state index contributed by atoms with van der Waals surface area (Å²) in [5.41, 5.74) is 0. The van der Waals surface area contributed by atoms with Crippen molar-refractivity contribution in [3.63, 3.8) is 0 Å². The van der Waals surface area contributed by atoms with Crippen molar-refractivity contribution < 1.29 is 28.6 Å². The second-order valence-corrected chi connectivity index (χ2v) is 18.5. The Kier molecular flexibility index (Phi) is 50.3. The molecule has 63 heavy (non-hydrogen) atoms. The molecule has 0 aliphatic heterocycles. The van der Waals surface area contributed by atoms with Gasteiger partial charge in [0.2, 0.25) is 0 Å². The lowest BCUT2D eigenvalue weighted by Gasteiger charge is -2.18. The van der Waals surface area contributed by atoms with Crippen LogP contribution in [0.25, 0.3) is 0 Å². The molecule has 6 nitrogen and oxygen atoms in total. The molecular weight excluding hydrogens is 781 g/mol. The maximum atomic E-state index is 12.8. The molecule has 0 aromatic carbocycles. The summed E-state index contributed by atoms with van der Waals surface area (Å²) in [6.07, 6.45) is 61.2. The van der Waals surface area contributed by atoms with Gasteiger partial charge >= 0.3 is 17.9 Å². The fourth-order valence-electron chi connectivity index (χ4n) is 7.94. The van der Waals surface area contributed by atoms with Crippen molar-refractivity contribution in [2.75, 3.05) is 13.2 Å². The first-order valence-corrected chi connectivity index (χ1v) is 27.5. The zero-order valence-corrected chi connectivity index (χ0v) is 42.1. The Bertz CT molecular complexity index is 1060. The van der Waals surface area contributed by atoms with Crippen LogP contribution < -0.4 is 0 Å². The first-order valence-electron chi connectivity index (χ1n) is 27.5. The second-order valence-electron chi connectivity index (χ2n) is 18.5. The van der Waals surface area contributed by atoms with Crippen molar-refractivity contribution in [2.24, 2.45) is 0 Å². The molecule has 1 atom stereocenters. The number of unbranched alkanes of at least 4 members (excludes halogenated alkanes) is 33. The van der Waals surface area contributed by atoms with Gasteiger partial charge in [0.25, 0.3) is 0 Å². The van der Waals surface area contributed by atoms with E-state index in [2.05, 4.69) is 57.2 Å². The zero-order valence-electron chi connectivity index (χ0n) is 42.1. The molecule has 0 saturated heterocycles. The van der Waals surface area contributed by atoms with Crippen LogP contribution in [0, 0.1) is 0 Å². The Morgan fingerprint density at radius 1 is 0.317 bits per heavy atom. The van der Waals surface area contributed by atoms with Crippen LogP contribution in [0.5, 0.6) is 0 Å². The molecule has 0 heterocycles. The van der Waals surface area contributed by atoms with Crippen molar-refractivity contribution in [1.29, 1.82) is 0 Å². The van der Waals surface area contributed by atoms with E-state index in [1.807, 2.05) is 0 Å². The van der Waals surface area contributed by atoms with E-state index in [-0.39, 0.29) is 31.1 Å². The van der Waals surface area contributed by atoms with Gasteiger partial charge in [0.05, 0.1) is 0 Å². The highest BCUT2D eigenvalue weighted by molar-refractivity contribution is 5.71. The van der Waals surface area contributed by atoms with Crippen LogP contribution in [-0.4, -0.2) is 37.2 Å². The number of hydrogen-bond donors (Lipinski definition) is 0. The number of allylic oxidation sites excluding steroid dienone is 6. The van der Waals surface area contributed by atoms with E-state index in [9.17, 15) is 14.4 Å². The summed E-state index contributed by atoms with van der Waals surface area (Å²) in [6.45, 7) is 6.62. The summed E-state index contributed by atoms with van der Waals surface area (Å²) in [4.78, 5) is 38.0. The predicted molar refractivity (Wildman–Crippen MR) is 270 cm³/mol. The fraction of sp³-hybridized carbons (Fsp3) is 0.842. The Hall–Kier alpha value is -2.37. The summed E-state index contributed by atoms with van der Waals surface area (Å²) >= 11 is 0. The smallest absolute Gasteiger partial charge is 0.306 e. The van der Waals surface area contributed by atoms with Crippen molar-refractivity contribution in [1.82, 2.24) is 0 Å². The molecule has 0 rings (SSSR count). The van der Waals surface area contributed by atoms with Crippen LogP contribution in [0.1, 0.15) is 290 Å². The SMILES string of the molecule is CCCCC/C=C\C/C=C\CCCCCCCC(=O)OC(COC(=O)CCCCCCCCC/C=C\CCCCCCCC)COC(=O)CCCCCCCCCCCCCCC. The molecule has 368 valence electrons. The summed E-state index contributed by atoms with van der Waals surface area (Å²) in [5.74, 6) is -0.881. The van der Waals surface area contributed by atoms with E-state index < -0.39 is 6.10 Å². The molecule has 0 spiro atoms. The quantitative estimate of drug-likeness (QED) is 0.0262. The molecule has 0 radical (unpaired) electrons. The lowest BCUT2D eigenvalue weighted by Crippen LogP contribution is -2.30. The maximum Gasteiger partial charge on any atom is 0.306 e. The molecule has 0 bridgehead atoms. The number of rotatable bonds is 50. The summed E-state index contributed by atoms with van der Waals surface area (Å²) in [7, 11) is 0. The molecule has 0 aliphatic carbocycles. The van der Waals surface area contributed by atoms with Gasteiger partial charge in [-0.2, -0.15) is 0 Å². The number of esters is 3. The van der Waals surface area contributed by atoms with Crippen LogP contribution in [0.15, 0.2) is 36.5 Å². The molecular formula is C57H104O6. The highest BCUT2D eigenvalue weighted by Crippen LogP contribution is 2.16. The number of hydrogen-bond acceptors (Lipinski definition) is 6. The number of carbonyl (C=O) groups is 3. The average Bonchev–Trinajstić information content (AvgIpc) is 3.28. The Morgan fingerprint density at radius 3 is 0.921 bits per heavy atom. The van der Waals surface area contributed by atoms with Gasteiger partial charge < -0.3 is 14.2 Å². The zero-order chi connectivity index (χ0) is 45.8. The molecule has 0 aromatic heterocycles. The molecule has 0 fully saturated rings. The van der Waals surface area contributed by atoms with Gasteiger partial charge in [-0.25, -0.2) is 0 Å². The number of carbonyl (C=O) groups excluding carboxylic acids is 3. The van der Waals surface area contributed by atoms with Crippen molar-refractivity contribution >= 4 is 17.9 Å². The van der Waals surface area contributed by atoms with Crippen LogP contribution in [0.2, 0.25) is 0 Å². The number of ether oxygens (including phenoxy) is 3. The molecule has 0 N–H and O–H groups in total. The fourth-order valence-corrected chi connectivity index (χ4v) is 7.94. The van der Waals surface area contributed by atoms with E-state index >= 15 is 0 Å². The van der Waals surface area contributed by atoms with Gasteiger partial charge in [-0.05, 0) is 77.0 Å². The largest absolute Gasteiger partial charge is 0.462 e.